The fourth-order valence-corrected chi connectivity index (χ4v) is 4.85. The summed E-state index contributed by atoms with van der Waals surface area (Å²) < 4.78 is 75.9. The number of anilines is 3. The van der Waals surface area contributed by atoms with Crippen molar-refractivity contribution >= 4 is 33.1 Å². The molecule has 0 radical (unpaired) electrons. The summed E-state index contributed by atoms with van der Waals surface area (Å²) in [6, 6.07) is 23.1. The largest absolute Gasteiger partial charge is 0.516 e. The van der Waals surface area contributed by atoms with Crippen LogP contribution in [0.4, 0.5) is 35.0 Å². The molecule has 2 amide bonds. The van der Waals surface area contributed by atoms with Crippen LogP contribution < -0.4 is 24.8 Å². The van der Waals surface area contributed by atoms with Gasteiger partial charge < -0.3 is 20.1 Å². The molecule has 0 aliphatic rings. The zero-order valence-corrected chi connectivity index (χ0v) is 25.5. The third-order valence-corrected chi connectivity index (χ3v) is 7.63. The van der Waals surface area contributed by atoms with E-state index in [1.54, 1.807) is 41.1 Å². The number of alkyl halides is 3. The van der Waals surface area contributed by atoms with Gasteiger partial charge in [0.25, 0.3) is 0 Å². The summed E-state index contributed by atoms with van der Waals surface area (Å²) in [6.07, 6.45) is 0. The lowest BCUT2D eigenvalue weighted by Crippen LogP contribution is -2.30. The molecule has 0 saturated carbocycles. The molecule has 0 aliphatic carbocycles. The van der Waals surface area contributed by atoms with Crippen LogP contribution >= 0.6 is 0 Å². The van der Waals surface area contributed by atoms with E-state index in [0.29, 0.717) is 28.3 Å². The Kier molecular flexibility index (Phi) is 9.14. The first kappa shape index (κ1) is 32.2. The van der Waals surface area contributed by atoms with Crippen LogP contribution in [0, 0.1) is 6.92 Å². The van der Waals surface area contributed by atoms with Crippen molar-refractivity contribution < 1.29 is 35.9 Å². The number of hydrogen-bond acceptors (Lipinski definition) is 5. The molecule has 4 aromatic carbocycles. The van der Waals surface area contributed by atoms with Gasteiger partial charge in [-0.25, -0.2) is 4.79 Å². The molecule has 0 aliphatic heterocycles. The second-order valence-electron chi connectivity index (χ2n) is 11.0. The maximum absolute atomic E-state index is 13.1. The standard InChI is InChI=1S/C32H32F3N3O5S/c1-20-10-14-23(15-11-20)36-30(39)37-25-18-21(13-17-29(25)43-27-9-7-6-8-24(27)31(2,3)4)22-12-16-28(42-5)26(19-22)38-44(40,41)32(33,34)35/h6-19,38H,1-5H3,(H2,36,37,39). The summed E-state index contributed by atoms with van der Waals surface area (Å²) in [7, 11) is -4.51. The van der Waals surface area contributed by atoms with Crippen LogP contribution in [0.3, 0.4) is 0 Å². The zero-order chi connectivity index (χ0) is 32.3. The highest BCUT2D eigenvalue weighted by molar-refractivity contribution is 7.93. The van der Waals surface area contributed by atoms with Crippen LogP contribution in [-0.4, -0.2) is 27.1 Å². The Bertz CT molecular complexity index is 1770. The molecule has 8 nitrogen and oxygen atoms in total. The van der Waals surface area contributed by atoms with Gasteiger partial charge in [0, 0.05) is 11.3 Å². The Hall–Kier alpha value is -4.71. The van der Waals surface area contributed by atoms with Gasteiger partial charge >= 0.3 is 21.6 Å². The van der Waals surface area contributed by atoms with Crippen molar-refractivity contribution in [3.8, 4) is 28.4 Å². The molecular formula is C32H32F3N3O5S. The van der Waals surface area contributed by atoms with Gasteiger partial charge in [0.15, 0.2) is 5.75 Å². The van der Waals surface area contributed by atoms with Crippen molar-refractivity contribution in [1.29, 1.82) is 0 Å². The van der Waals surface area contributed by atoms with Crippen molar-refractivity contribution in [3.05, 3.63) is 96.1 Å². The van der Waals surface area contributed by atoms with E-state index in [-0.39, 0.29) is 16.9 Å². The van der Waals surface area contributed by atoms with Crippen molar-refractivity contribution in [2.45, 2.75) is 38.6 Å². The summed E-state index contributed by atoms with van der Waals surface area (Å²) in [4.78, 5) is 13.1. The quantitative estimate of drug-likeness (QED) is 0.181. The monoisotopic (exact) mass is 627 g/mol. The van der Waals surface area contributed by atoms with E-state index in [2.05, 4.69) is 10.6 Å². The Balaban J connectivity index is 1.75. The van der Waals surface area contributed by atoms with Gasteiger partial charge in [0.05, 0.1) is 18.5 Å². The molecule has 0 unspecified atom stereocenters. The molecule has 0 fully saturated rings. The number of methoxy groups -OCH3 is 1. The van der Waals surface area contributed by atoms with Gasteiger partial charge in [-0.15, -0.1) is 0 Å². The molecule has 4 rings (SSSR count). The van der Waals surface area contributed by atoms with Crippen molar-refractivity contribution in [3.63, 3.8) is 0 Å². The number of benzene rings is 4. The van der Waals surface area contributed by atoms with E-state index in [9.17, 15) is 26.4 Å². The van der Waals surface area contributed by atoms with E-state index in [4.69, 9.17) is 9.47 Å². The van der Waals surface area contributed by atoms with Gasteiger partial charge in [-0.05, 0) is 65.9 Å². The summed E-state index contributed by atoms with van der Waals surface area (Å²) in [5.74, 6) is 0.759. The van der Waals surface area contributed by atoms with E-state index in [1.165, 1.54) is 19.2 Å². The van der Waals surface area contributed by atoms with Gasteiger partial charge in [-0.2, -0.15) is 21.6 Å². The fraction of sp³-hybridized carbons (Fsp3) is 0.219. The highest BCUT2D eigenvalue weighted by atomic mass is 32.2. The number of rotatable bonds is 8. The summed E-state index contributed by atoms with van der Waals surface area (Å²) in [5.41, 5.74) is -2.64. The first-order valence-corrected chi connectivity index (χ1v) is 14.9. The lowest BCUT2D eigenvalue weighted by Gasteiger charge is -2.23. The lowest BCUT2D eigenvalue weighted by atomic mass is 9.86. The number of carbonyl (C=O) groups excluding carboxylic acids is 1. The number of sulfonamides is 1. The summed E-state index contributed by atoms with van der Waals surface area (Å²) in [6.45, 7) is 8.05. The highest BCUT2D eigenvalue weighted by Gasteiger charge is 2.46. The van der Waals surface area contributed by atoms with Crippen molar-refractivity contribution in [2.75, 3.05) is 22.5 Å². The highest BCUT2D eigenvalue weighted by Crippen LogP contribution is 2.40. The number of amides is 2. The topological polar surface area (TPSA) is 106 Å². The van der Waals surface area contributed by atoms with Crippen molar-refractivity contribution in [1.82, 2.24) is 0 Å². The average Bonchev–Trinajstić information content (AvgIpc) is 2.94. The molecule has 232 valence electrons. The van der Waals surface area contributed by atoms with Crippen LogP contribution in [-0.2, 0) is 15.4 Å². The lowest BCUT2D eigenvalue weighted by molar-refractivity contribution is -0.0429. The van der Waals surface area contributed by atoms with Crippen LogP contribution in [0.5, 0.6) is 17.2 Å². The molecule has 12 heteroatoms. The number of ether oxygens (including phenoxy) is 2. The van der Waals surface area contributed by atoms with Gasteiger partial charge in [0.2, 0.25) is 0 Å². The second-order valence-corrected chi connectivity index (χ2v) is 12.6. The third kappa shape index (κ3) is 7.62. The number of nitrogens with one attached hydrogen (secondary N) is 3. The Morgan fingerprint density at radius 3 is 1.93 bits per heavy atom. The number of aryl methyl sites for hydroxylation is 1. The molecule has 44 heavy (non-hydrogen) atoms. The Morgan fingerprint density at radius 2 is 1.34 bits per heavy atom. The number of halogens is 3. The number of urea groups is 1. The van der Waals surface area contributed by atoms with E-state index >= 15 is 0 Å². The van der Waals surface area contributed by atoms with Crippen LogP contribution in [0.2, 0.25) is 0 Å². The maximum Gasteiger partial charge on any atom is 0.516 e. The number of para-hydroxylation sites is 1. The van der Waals surface area contributed by atoms with E-state index < -0.39 is 27.3 Å². The summed E-state index contributed by atoms with van der Waals surface area (Å²) >= 11 is 0. The van der Waals surface area contributed by atoms with Gasteiger partial charge in [0.1, 0.15) is 11.5 Å². The average molecular weight is 628 g/mol. The molecule has 3 N–H and O–H groups in total. The molecule has 0 spiro atoms. The molecule has 0 saturated heterocycles. The smallest absolute Gasteiger partial charge is 0.495 e. The maximum atomic E-state index is 13.1. The minimum absolute atomic E-state index is 0.115. The third-order valence-electron chi connectivity index (χ3n) is 6.53. The fourth-order valence-electron chi connectivity index (χ4n) is 4.28. The molecule has 0 atom stereocenters. The van der Waals surface area contributed by atoms with Gasteiger partial charge in [-0.1, -0.05) is 68.8 Å². The first-order chi connectivity index (χ1) is 20.6. The summed E-state index contributed by atoms with van der Waals surface area (Å²) in [5, 5.41) is 5.56. The van der Waals surface area contributed by atoms with Gasteiger partial charge in [-0.3, -0.25) is 4.72 Å². The minimum atomic E-state index is -5.71. The first-order valence-electron chi connectivity index (χ1n) is 13.4. The molecule has 0 aromatic heterocycles. The number of carbonyl (C=O) groups is 1. The minimum Gasteiger partial charge on any atom is -0.495 e. The van der Waals surface area contributed by atoms with E-state index in [0.717, 1.165) is 11.1 Å². The zero-order valence-electron chi connectivity index (χ0n) is 24.7. The molecule has 0 heterocycles. The molecule has 0 bridgehead atoms. The Morgan fingerprint density at radius 1 is 0.750 bits per heavy atom. The predicted octanol–water partition coefficient (Wildman–Crippen LogP) is 8.67. The Labute approximate surface area is 254 Å². The van der Waals surface area contributed by atoms with Crippen LogP contribution in [0.1, 0.15) is 31.9 Å². The second kappa shape index (κ2) is 12.5. The predicted molar refractivity (Wildman–Crippen MR) is 166 cm³/mol. The van der Waals surface area contributed by atoms with Crippen LogP contribution in [0.25, 0.3) is 11.1 Å². The SMILES string of the molecule is COc1ccc(-c2ccc(Oc3ccccc3C(C)(C)C)c(NC(=O)Nc3ccc(C)cc3)c2)cc1NS(=O)(=O)C(F)(F)F. The molecule has 4 aromatic rings. The molecular weight excluding hydrogens is 595 g/mol. The van der Waals surface area contributed by atoms with Crippen molar-refractivity contribution in [2.24, 2.45) is 0 Å². The normalized spacial score (nSPS) is 11.9. The van der Waals surface area contributed by atoms with E-state index in [1.807, 2.05) is 64.1 Å². The number of hydrogen-bond donors (Lipinski definition) is 3. The van der Waals surface area contributed by atoms with Crippen LogP contribution in [0.15, 0.2) is 84.9 Å².